The summed E-state index contributed by atoms with van der Waals surface area (Å²) in [4.78, 5) is 24.8. The van der Waals surface area contributed by atoms with Crippen molar-refractivity contribution in [2.45, 2.75) is 40.2 Å². The second-order valence-corrected chi connectivity index (χ2v) is 3.96. The van der Waals surface area contributed by atoms with Crippen LogP contribution in [0.25, 0.3) is 0 Å². The van der Waals surface area contributed by atoms with Crippen LogP contribution in [0.4, 0.5) is 0 Å². The van der Waals surface area contributed by atoms with Gasteiger partial charge >= 0.3 is 0 Å². The van der Waals surface area contributed by atoms with Crippen molar-refractivity contribution in [3.63, 3.8) is 0 Å². The summed E-state index contributed by atoms with van der Waals surface area (Å²) in [5.74, 6) is -0.381. The zero-order chi connectivity index (χ0) is 12.0. The molecule has 0 aromatic carbocycles. The Bertz CT molecular complexity index is 223. The molecule has 1 amide bonds. The van der Waals surface area contributed by atoms with Crippen molar-refractivity contribution in [1.29, 1.82) is 0 Å². The molecule has 1 atom stereocenters. The van der Waals surface area contributed by atoms with Crippen LogP contribution in [0.15, 0.2) is 0 Å². The van der Waals surface area contributed by atoms with Crippen LogP contribution < -0.4 is 5.73 Å². The van der Waals surface area contributed by atoms with E-state index in [0.29, 0.717) is 0 Å². The average Bonchev–Trinajstić information content (AvgIpc) is 2.16. The minimum atomic E-state index is -0.416. The maximum absolute atomic E-state index is 11.9. The van der Waals surface area contributed by atoms with E-state index >= 15 is 0 Å². The fourth-order valence-corrected chi connectivity index (χ4v) is 1.65. The number of ketones is 1. The summed E-state index contributed by atoms with van der Waals surface area (Å²) >= 11 is 0. The van der Waals surface area contributed by atoms with E-state index in [9.17, 15) is 9.59 Å². The summed E-state index contributed by atoms with van der Waals surface area (Å²) in [5.41, 5.74) is 5.16. The Morgan fingerprint density at radius 3 is 1.93 bits per heavy atom. The van der Waals surface area contributed by atoms with Crippen molar-refractivity contribution in [1.82, 2.24) is 4.90 Å². The van der Waals surface area contributed by atoms with Crippen molar-refractivity contribution < 1.29 is 9.59 Å². The van der Waals surface area contributed by atoms with Crippen molar-refractivity contribution >= 4 is 11.7 Å². The standard InChI is InChI=1S/C11H22N2O2/c1-5-13(6-2)9(7-10(12)14)11(15)8(3)4/h8-9H,5-7H2,1-4H3,(H2,12,14)/t9-/m0/s1. The predicted octanol–water partition coefficient (Wildman–Crippen LogP) is 0.797. The van der Waals surface area contributed by atoms with E-state index in [2.05, 4.69) is 0 Å². The quantitative estimate of drug-likeness (QED) is 0.681. The summed E-state index contributed by atoms with van der Waals surface area (Å²) in [5, 5.41) is 0. The van der Waals surface area contributed by atoms with Crippen molar-refractivity contribution in [3.05, 3.63) is 0 Å². The van der Waals surface area contributed by atoms with E-state index in [1.54, 1.807) is 0 Å². The molecule has 2 N–H and O–H groups in total. The average molecular weight is 214 g/mol. The zero-order valence-corrected chi connectivity index (χ0v) is 10.1. The van der Waals surface area contributed by atoms with Gasteiger partial charge in [0.1, 0.15) is 0 Å². The molecule has 0 spiro atoms. The molecule has 0 aliphatic carbocycles. The highest BCUT2D eigenvalue weighted by atomic mass is 16.1. The number of nitrogens with two attached hydrogens (primary N) is 1. The van der Waals surface area contributed by atoms with E-state index in [1.807, 2.05) is 32.6 Å². The Morgan fingerprint density at radius 1 is 1.20 bits per heavy atom. The number of hydrogen-bond donors (Lipinski definition) is 1. The largest absolute Gasteiger partial charge is 0.370 e. The van der Waals surface area contributed by atoms with Gasteiger partial charge in [0.15, 0.2) is 5.78 Å². The first kappa shape index (κ1) is 14.1. The molecular formula is C11H22N2O2. The lowest BCUT2D eigenvalue weighted by atomic mass is 9.97. The molecule has 4 heteroatoms. The second kappa shape index (κ2) is 6.56. The number of hydrogen-bond acceptors (Lipinski definition) is 3. The number of primary amides is 1. The van der Waals surface area contributed by atoms with Gasteiger partial charge in [0.05, 0.1) is 6.04 Å². The Morgan fingerprint density at radius 2 is 1.67 bits per heavy atom. The normalized spacial score (nSPS) is 13.2. The lowest BCUT2D eigenvalue weighted by Crippen LogP contribution is -2.45. The number of rotatable bonds is 7. The molecule has 0 rings (SSSR count). The Labute approximate surface area is 91.8 Å². The summed E-state index contributed by atoms with van der Waals surface area (Å²) in [7, 11) is 0. The minimum Gasteiger partial charge on any atom is -0.370 e. The number of Topliss-reactive ketones (excluding diaryl/α,β-unsaturated/α-hetero) is 1. The van der Waals surface area contributed by atoms with Gasteiger partial charge < -0.3 is 5.73 Å². The SMILES string of the molecule is CCN(CC)[C@@H](CC(N)=O)C(=O)C(C)C. The van der Waals surface area contributed by atoms with E-state index in [-0.39, 0.29) is 24.2 Å². The lowest BCUT2D eigenvalue weighted by molar-refractivity contribution is -0.131. The van der Waals surface area contributed by atoms with Gasteiger partial charge in [-0.25, -0.2) is 0 Å². The van der Waals surface area contributed by atoms with Crippen LogP contribution in [0, 0.1) is 5.92 Å². The molecule has 0 radical (unpaired) electrons. The van der Waals surface area contributed by atoms with Gasteiger partial charge in [-0.2, -0.15) is 0 Å². The van der Waals surface area contributed by atoms with Crippen molar-refractivity contribution in [3.8, 4) is 0 Å². The highest BCUT2D eigenvalue weighted by Gasteiger charge is 2.27. The molecule has 15 heavy (non-hydrogen) atoms. The molecule has 0 aromatic heterocycles. The maximum atomic E-state index is 11.9. The Balaban J connectivity index is 4.70. The van der Waals surface area contributed by atoms with E-state index in [1.165, 1.54) is 0 Å². The van der Waals surface area contributed by atoms with Crippen LogP contribution in [0.2, 0.25) is 0 Å². The molecule has 0 unspecified atom stereocenters. The van der Waals surface area contributed by atoms with Crippen LogP contribution in [-0.2, 0) is 9.59 Å². The molecule has 0 fully saturated rings. The van der Waals surface area contributed by atoms with Gasteiger partial charge in [0.25, 0.3) is 0 Å². The van der Waals surface area contributed by atoms with E-state index in [0.717, 1.165) is 13.1 Å². The van der Waals surface area contributed by atoms with E-state index in [4.69, 9.17) is 5.73 Å². The molecule has 0 aliphatic rings. The Kier molecular flexibility index (Phi) is 6.17. The van der Waals surface area contributed by atoms with Crippen LogP contribution in [-0.4, -0.2) is 35.7 Å². The molecule has 0 heterocycles. The molecule has 0 bridgehead atoms. The smallest absolute Gasteiger partial charge is 0.219 e. The van der Waals surface area contributed by atoms with Gasteiger partial charge in [-0.3, -0.25) is 14.5 Å². The fourth-order valence-electron chi connectivity index (χ4n) is 1.65. The predicted molar refractivity (Wildman–Crippen MR) is 60.4 cm³/mol. The molecular weight excluding hydrogens is 192 g/mol. The topological polar surface area (TPSA) is 63.4 Å². The van der Waals surface area contributed by atoms with Gasteiger partial charge in [-0.1, -0.05) is 27.7 Å². The fraction of sp³-hybridized carbons (Fsp3) is 0.818. The highest BCUT2D eigenvalue weighted by molar-refractivity contribution is 5.90. The van der Waals surface area contributed by atoms with Gasteiger partial charge in [0.2, 0.25) is 5.91 Å². The van der Waals surface area contributed by atoms with Gasteiger partial charge in [-0.15, -0.1) is 0 Å². The third-order valence-corrected chi connectivity index (χ3v) is 2.55. The van der Waals surface area contributed by atoms with Crippen molar-refractivity contribution in [2.24, 2.45) is 11.7 Å². The number of nitrogens with zero attached hydrogens (tertiary/aromatic N) is 1. The molecule has 0 aromatic rings. The maximum Gasteiger partial charge on any atom is 0.219 e. The van der Waals surface area contributed by atoms with E-state index < -0.39 is 5.91 Å². The van der Waals surface area contributed by atoms with Crippen molar-refractivity contribution in [2.75, 3.05) is 13.1 Å². The van der Waals surface area contributed by atoms with Gasteiger partial charge in [0, 0.05) is 12.3 Å². The van der Waals surface area contributed by atoms with Crippen LogP contribution >= 0.6 is 0 Å². The first-order chi connectivity index (χ1) is 6.93. The summed E-state index contributed by atoms with van der Waals surface area (Å²) in [6, 6.07) is -0.350. The molecule has 4 nitrogen and oxygen atoms in total. The highest BCUT2D eigenvalue weighted by Crippen LogP contribution is 2.10. The van der Waals surface area contributed by atoms with Crippen LogP contribution in [0.1, 0.15) is 34.1 Å². The number of carbonyl (C=O) groups excluding carboxylic acids is 2. The lowest BCUT2D eigenvalue weighted by Gasteiger charge is -2.28. The number of likely N-dealkylation sites (N-methyl/N-ethyl adjacent to an activating group) is 1. The molecule has 0 saturated heterocycles. The first-order valence-corrected chi connectivity index (χ1v) is 5.50. The monoisotopic (exact) mass is 214 g/mol. The second-order valence-electron chi connectivity index (χ2n) is 3.96. The Hall–Kier alpha value is -0.900. The molecule has 0 aliphatic heterocycles. The number of amides is 1. The third kappa shape index (κ3) is 4.42. The zero-order valence-electron chi connectivity index (χ0n) is 10.1. The van der Waals surface area contributed by atoms with Crippen LogP contribution in [0.3, 0.4) is 0 Å². The minimum absolute atomic E-state index is 0.0602. The molecule has 0 saturated carbocycles. The summed E-state index contributed by atoms with van der Waals surface area (Å²) < 4.78 is 0. The van der Waals surface area contributed by atoms with Crippen LogP contribution in [0.5, 0.6) is 0 Å². The summed E-state index contributed by atoms with van der Waals surface area (Å²) in [6.45, 7) is 9.16. The summed E-state index contributed by atoms with van der Waals surface area (Å²) in [6.07, 6.45) is 0.124. The first-order valence-electron chi connectivity index (χ1n) is 5.50. The third-order valence-electron chi connectivity index (χ3n) is 2.55. The number of carbonyl (C=O) groups is 2. The van der Waals surface area contributed by atoms with Gasteiger partial charge in [-0.05, 0) is 13.1 Å². The molecule has 88 valence electrons.